The summed E-state index contributed by atoms with van der Waals surface area (Å²) in [7, 11) is 1.47. The van der Waals surface area contributed by atoms with Crippen molar-refractivity contribution in [2.45, 2.75) is 0 Å². The van der Waals surface area contributed by atoms with E-state index in [4.69, 9.17) is 32.9 Å². The van der Waals surface area contributed by atoms with E-state index in [0.717, 1.165) is 25.3 Å². The van der Waals surface area contributed by atoms with Crippen LogP contribution in [-0.2, 0) is 0 Å². The third-order valence-corrected chi connectivity index (χ3v) is 6.34. The third kappa shape index (κ3) is 4.12. The van der Waals surface area contributed by atoms with Crippen molar-refractivity contribution in [2.75, 3.05) is 12.4 Å². The number of ether oxygens (including phenoxy) is 1. The second-order valence-corrected chi connectivity index (χ2v) is 8.86. The van der Waals surface area contributed by atoms with E-state index in [2.05, 4.69) is 21.2 Å². The van der Waals surface area contributed by atoms with Gasteiger partial charge in [-0.1, -0.05) is 51.3 Å². The molecule has 0 aliphatic carbocycles. The summed E-state index contributed by atoms with van der Waals surface area (Å²) in [6.45, 7) is 0. The van der Waals surface area contributed by atoms with Gasteiger partial charge in [0.15, 0.2) is 5.75 Å². The number of rotatable bonds is 4. The number of carbonyl (C=O) groups excluding carboxylic acids is 1. The lowest BCUT2D eigenvalue weighted by molar-refractivity contribution is 0.102. The molecule has 0 bridgehead atoms. The van der Waals surface area contributed by atoms with E-state index in [1.54, 1.807) is 11.3 Å². The fraction of sp³-hybridized carbons (Fsp3) is 0.0476. The summed E-state index contributed by atoms with van der Waals surface area (Å²) in [5, 5.41) is 4.29. The van der Waals surface area contributed by atoms with Gasteiger partial charge in [0.1, 0.15) is 5.01 Å². The molecule has 0 unspecified atom stereocenters. The molecule has 4 rings (SSSR count). The first kappa shape index (κ1) is 20.2. The number of hydrogen-bond donors (Lipinski definition) is 1. The van der Waals surface area contributed by atoms with Gasteiger partial charge in [-0.3, -0.25) is 4.79 Å². The minimum atomic E-state index is -0.332. The van der Waals surface area contributed by atoms with Crippen LogP contribution < -0.4 is 10.1 Å². The summed E-state index contributed by atoms with van der Waals surface area (Å²) in [5.74, 6) is 0.00447. The van der Waals surface area contributed by atoms with Crippen molar-refractivity contribution in [2.24, 2.45) is 0 Å². The van der Waals surface area contributed by atoms with Gasteiger partial charge < -0.3 is 10.1 Å². The Morgan fingerprint density at radius 3 is 2.52 bits per heavy atom. The molecule has 1 aromatic heterocycles. The average molecular weight is 508 g/mol. The number of fused-ring (bicyclic) bond motifs is 1. The van der Waals surface area contributed by atoms with E-state index < -0.39 is 0 Å². The second kappa shape index (κ2) is 8.32. The summed E-state index contributed by atoms with van der Waals surface area (Å²) >= 11 is 17.4. The topological polar surface area (TPSA) is 51.2 Å². The molecule has 29 heavy (non-hydrogen) atoms. The molecule has 146 valence electrons. The SMILES string of the molecule is COc1c(Cl)cc(C(=O)Nc2ccc(Br)cc2-c2nc3ccccc3s2)cc1Cl. The number of nitrogens with one attached hydrogen (secondary N) is 1. The summed E-state index contributed by atoms with van der Waals surface area (Å²) in [6, 6.07) is 16.6. The molecule has 1 heterocycles. The molecular weight excluding hydrogens is 495 g/mol. The van der Waals surface area contributed by atoms with E-state index in [1.807, 2.05) is 42.5 Å². The molecule has 8 heteroatoms. The van der Waals surface area contributed by atoms with Crippen molar-refractivity contribution in [1.82, 2.24) is 4.98 Å². The van der Waals surface area contributed by atoms with Gasteiger partial charge in [0.2, 0.25) is 0 Å². The molecule has 4 aromatic rings. The van der Waals surface area contributed by atoms with Gasteiger partial charge in [0.25, 0.3) is 5.91 Å². The van der Waals surface area contributed by atoms with Crippen LogP contribution in [0.25, 0.3) is 20.8 Å². The van der Waals surface area contributed by atoms with Gasteiger partial charge in [0.05, 0.1) is 33.1 Å². The van der Waals surface area contributed by atoms with Crippen molar-refractivity contribution in [3.05, 3.63) is 74.7 Å². The van der Waals surface area contributed by atoms with Crippen LogP contribution in [0.2, 0.25) is 10.0 Å². The first-order valence-electron chi connectivity index (χ1n) is 8.46. The minimum Gasteiger partial charge on any atom is -0.494 e. The number of halogens is 3. The normalized spacial score (nSPS) is 10.9. The largest absolute Gasteiger partial charge is 0.494 e. The van der Waals surface area contributed by atoms with Gasteiger partial charge in [0, 0.05) is 15.6 Å². The Hall–Kier alpha value is -2.12. The van der Waals surface area contributed by atoms with E-state index in [1.165, 1.54) is 19.2 Å². The molecule has 0 saturated carbocycles. The van der Waals surface area contributed by atoms with Crippen LogP contribution in [0.3, 0.4) is 0 Å². The van der Waals surface area contributed by atoms with E-state index in [9.17, 15) is 4.79 Å². The molecule has 0 radical (unpaired) electrons. The quantitative estimate of drug-likeness (QED) is 0.315. The van der Waals surface area contributed by atoms with Crippen molar-refractivity contribution in [3.8, 4) is 16.3 Å². The summed E-state index contributed by atoms with van der Waals surface area (Å²) in [5.41, 5.74) is 2.71. The Labute approximate surface area is 189 Å². The van der Waals surface area contributed by atoms with Crippen LogP contribution in [0, 0.1) is 0 Å². The van der Waals surface area contributed by atoms with E-state index in [0.29, 0.717) is 17.0 Å². The van der Waals surface area contributed by atoms with Crippen LogP contribution >= 0.6 is 50.5 Å². The molecule has 1 amide bonds. The first-order chi connectivity index (χ1) is 14.0. The van der Waals surface area contributed by atoms with Gasteiger partial charge in [-0.05, 0) is 42.5 Å². The molecule has 3 aromatic carbocycles. The highest BCUT2D eigenvalue weighted by molar-refractivity contribution is 9.10. The zero-order chi connectivity index (χ0) is 20.5. The molecule has 0 atom stereocenters. The van der Waals surface area contributed by atoms with Crippen LogP contribution in [0.1, 0.15) is 10.4 Å². The number of anilines is 1. The highest BCUT2D eigenvalue weighted by Crippen LogP contribution is 2.37. The number of hydrogen-bond acceptors (Lipinski definition) is 4. The number of thiazole rings is 1. The Kier molecular flexibility index (Phi) is 5.79. The van der Waals surface area contributed by atoms with E-state index >= 15 is 0 Å². The van der Waals surface area contributed by atoms with Crippen LogP contribution in [-0.4, -0.2) is 18.0 Å². The molecule has 1 N–H and O–H groups in total. The maximum Gasteiger partial charge on any atom is 0.255 e. The molecule has 0 aliphatic rings. The van der Waals surface area contributed by atoms with Crippen molar-refractivity contribution in [3.63, 3.8) is 0 Å². The van der Waals surface area contributed by atoms with Gasteiger partial charge in [-0.15, -0.1) is 11.3 Å². The number of para-hydroxylation sites is 1. The van der Waals surface area contributed by atoms with Crippen molar-refractivity contribution < 1.29 is 9.53 Å². The smallest absolute Gasteiger partial charge is 0.255 e. The number of methoxy groups -OCH3 is 1. The highest BCUT2D eigenvalue weighted by Gasteiger charge is 2.17. The maximum absolute atomic E-state index is 12.9. The van der Waals surface area contributed by atoms with Crippen LogP contribution in [0.15, 0.2) is 59.1 Å². The van der Waals surface area contributed by atoms with Gasteiger partial charge in [-0.25, -0.2) is 4.98 Å². The molecule has 4 nitrogen and oxygen atoms in total. The summed E-state index contributed by atoms with van der Waals surface area (Å²) < 4.78 is 7.11. The second-order valence-electron chi connectivity index (χ2n) is 6.10. The number of nitrogens with zero attached hydrogens (tertiary/aromatic N) is 1. The lowest BCUT2D eigenvalue weighted by Gasteiger charge is -2.12. The lowest BCUT2D eigenvalue weighted by atomic mass is 10.1. The van der Waals surface area contributed by atoms with E-state index in [-0.39, 0.29) is 16.0 Å². The van der Waals surface area contributed by atoms with Crippen molar-refractivity contribution in [1.29, 1.82) is 0 Å². The molecule has 0 saturated heterocycles. The fourth-order valence-electron chi connectivity index (χ4n) is 2.87. The van der Waals surface area contributed by atoms with Crippen molar-refractivity contribution >= 4 is 72.3 Å². The van der Waals surface area contributed by atoms with Crippen LogP contribution in [0.5, 0.6) is 5.75 Å². The Morgan fingerprint density at radius 1 is 1.10 bits per heavy atom. The lowest BCUT2D eigenvalue weighted by Crippen LogP contribution is -2.13. The van der Waals surface area contributed by atoms with Gasteiger partial charge >= 0.3 is 0 Å². The standard InChI is InChI=1S/C21H13BrCl2N2O2S/c1-28-19-14(23)8-11(9-15(19)24)20(27)25-16-7-6-12(22)10-13(16)21-26-17-4-2-3-5-18(17)29-21/h2-10H,1H3,(H,25,27). The highest BCUT2D eigenvalue weighted by atomic mass is 79.9. The number of carbonyl (C=O) groups is 1. The maximum atomic E-state index is 12.9. The summed E-state index contributed by atoms with van der Waals surface area (Å²) in [4.78, 5) is 17.6. The minimum absolute atomic E-state index is 0.271. The predicted octanol–water partition coefficient (Wildman–Crippen LogP) is 7.29. The third-order valence-electron chi connectivity index (χ3n) is 4.22. The molecule has 0 spiro atoms. The fourth-order valence-corrected chi connectivity index (χ4v) is 4.87. The molecule has 0 fully saturated rings. The first-order valence-corrected chi connectivity index (χ1v) is 10.8. The Bertz CT molecular complexity index is 1190. The Balaban J connectivity index is 1.72. The van der Waals surface area contributed by atoms with Gasteiger partial charge in [-0.2, -0.15) is 0 Å². The Morgan fingerprint density at radius 2 is 1.83 bits per heavy atom. The monoisotopic (exact) mass is 506 g/mol. The predicted molar refractivity (Wildman–Crippen MR) is 124 cm³/mol. The number of aromatic nitrogens is 1. The number of benzene rings is 3. The molecule has 0 aliphatic heterocycles. The zero-order valence-electron chi connectivity index (χ0n) is 15.0. The summed E-state index contributed by atoms with van der Waals surface area (Å²) in [6.07, 6.45) is 0. The van der Waals surface area contributed by atoms with Crippen LogP contribution in [0.4, 0.5) is 5.69 Å². The average Bonchev–Trinajstić information content (AvgIpc) is 3.13. The zero-order valence-corrected chi connectivity index (χ0v) is 18.9. The molecular formula is C21H13BrCl2N2O2S. The number of amides is 1.